The van der Waals surface area contributed by atoms with E-state index in [4.69, 9.17) is 4.74 Å². The van der Waals surface area contributed by atoms with Crippen LogP contribution in [0.25, 0.3) is 0 Å². The van der Waals surface area contributed by atoms with Gasteiger partial charge in [0, 0.05) is 31.9 Å². The fourth-order valence-corrected chi connectivity index (χ4v) is 3.41. The summed E-state index contributed by atoms with van der Waals surface area (Å²) >= 11 is 0. The summed E-state index contributed by atoms with van der Waals surface area (Å²) in [5.74, 6) is -0.534. The van der Waals surface area contributed by atoms with Crippen molar-refractivity contribution in [1.29, 1.82) is 0 Å². The van der Waals surface area contributed by atoms with Gasteiger partial charge in [-0.15, -0.1) is 0 Å². The maximum absolute atomic E-state index is 13.3. The van der Waals surface area contributed by atoms with Crippen molar-refractivity contribution in [2.24, 2.45) is 4.99 Å². The van der Waals surface area contributed by atoms with Gasteiger partial charge in [-0.1, -0.05) is 24.3 Å². The van der Waals surface area contributed by atoms with E-state index in [1.54, 1.807) is 0 Å². The molecule has 0 spiro atoms. The topological polar surface area (TPSA) is 48.9 Å². The number of alkyl halides is 3. The lowest BCUT2D eigenvalue weighted by Crippen LogP contribution is -2.38. The lowest BCUT2D eigenvalue weighted by atomic mass is 10.1. The highest BCUT2D eigenvalue weighted by molar-refractivity contribution is 5.80. The van der Waals surface area contributed by atoms with E-state index < -0.39 is 17.6 Å². The van der Waals surface area contributed by atoms with Crippen LogP contribution in [-0.2, 0) is 24.0 Å². The fraction of sp³-hybridized carbons (Fsp3) is 0.409. The van der Waals surface area contributed by atoms with Crippen LogP contribution in [0.5, 0.6) is 0 Å². The van der Waals surface area contributed by atoms with E-state index in [-0.39, 0.29) is 12.1 Å². The largest absolute Gasteiger partial charge is 0.416 e. The highest BCUT2D eigenvalue weighted by Gasteiger charge is 2.33. The minimum Gasteiger partial charge on any atom is -0.378 e. The van der Waals surface area contributed by atoms with Gasteiger partial charge in [-0.05, 0) is 36.2 Å². The van der Waals surface area contributed by atoms with Crippen LogP contribution in [0.1, 0.15) is 23.6 Å². The molecule has 0 bridgehead atoms. The van der Waals surface area contributed by atoms with E-state index in [0.29, 0.717) is 38.3 Å². The number of para-hydroxylation sites is 1. The second-order valence-electron chi connectivity index (χ2n) is 7.08. The molecule has 0 aromatic heterocycles. The molecule has 1 aliphatic heterocycles. The molecule has 0 amide bonds. The van der Waals surface area contributed by atoms with Crippen LogP contribution in [0.2, 0.25) is 0 Å². The molecule has 2 N–H and O–H groups in total. The number of nitrogens with one attached hydrogen (secondary N) is 2. The van der Waals surface area contributed by atoms with Crippen molar-refractivity contribution in [2.45, 2.75) is 26.2 Å². The molecule has 1 saturated heterocycles. The summed E-state index contributed by atoms with van der Waals surface area (Å²) < 4.78 is 58.5. The molecule has 1 aliphatic rings. The van der Waals surface area contributed by atoms with Crippen molar-refractivity contribution in [1.82, 2.24) is 10.6 Å². The molecule has 1 heterocycles. The quantitative estimate of drug-likeness (QED) is 0.408. The summed E-state index contributed by atoms with van der Waals surface area (Å²) in [7, 11) is 0. The predicted molar refractivity (Wildman–Crippen MR) is 113 cm³/mol. The number of nitrogens with zero attached hydrogens (tertiary/aromatic N) is 2. The number of anilines is 1. The lowest BCUT2D eigenvalue weighted by molar-refractivity contribution is -0.138. The number of benzene rings is 2. The summed E-state index contributed by atoms with van der Waals surface area (Å²) in [5.41, 5.74) is 1.05. The Morgan fingerprint density at radius 1 is 1.06 bits per heavy atom. The maximum atomic E-state index is 13.3. The summed E-state index contributed by atoms with van der Waals surface area (Å²) in [5, 5.41) is 5.96. The van der Waals surface area contributed by atoms with Gasteiger partial charge in [-0.25, -0.2) is 9.38 Å². The first-order valence-corrected chi connectivity index (χ1v) is 10.2. The Morgan fingerprint density at radius 3 is 2.52 bits per heavy atom. The molecule has 3 rings (SSSR count). The molecule has 1 fully saturated rings. The Morgan fingerprint density at radius 2 is 1.81 bits per heavy atom. The molecular formula is C22H26F4N4O. The Bertz CT molecular complexity index is 895. The number of morpholine rings is 1. The molecule has 168 valence electrons. The normalized spacial score (nSPS) is 15.1. The van der Waals surface area contributed by atoms with Crippen molar-refractivity contribution >= 4 is 11.6 Å². The van der Waals surface area contributed by atoms with Crippen molar-refractivity contribution in [2.75, 3.05) is 37.7 Å². The number of hydrogen-bond acceptors (Lipinski definition) is 3. The van der Waals surface area contributed by atoms with E-state index in [2.05, 4.69) is 20.5 Å². The molecule has 2 aromatic rings. The number of rotatable bonds is 6. The second-order valence-corrected chi connectivity index (χ2v) is 7.08. The lowest BCUT2D eigenvalue weighted by Gasteiger charge is -2.30. The van der Waals surface area contributed by atoms with Gasteiger partial charge in [0.2, 0.25) is 0 Å². The number of hydrogen-bond donors (Lipinski definition) is 2. The summed E-state index contributed by atoms with van der Waals surface area (Å²) in [4.78, 5) is 6.78. The van der Waals surface area contributed by atoms with Crippen molar-refractivity contribution < 1.29 is 22.3 Å². The Kier molecular flexibility index (Phi) is 7.73. The first kappa shape index (κ1) is 22.9. The average molecular weight is 438 g/mol. The van der Waals surface area contributed by atoms with Gasteiger partial charge in [-0.2, -0.15) is 13.2 Å². The predicted octanol–water partition coefficient (Wildman–Crippen LogP) is 3.94. The number of aliphatic imine (C=N–C) groups is 1. The van der Waals surface area contributed by atoms with Crippen LogP contribution < -0.4 is 15.5 Å². The standard InChI is InChI=1S/C22H26F4N4O/c1-2-27-21(28-14-16-7-8-18(23)13-19(16)22(24,25)26)29-15-17-5-3-4-6-20(17)30-9-11-31-12-10-30/h3-8,13H,2,9-12,14-15H2,1H3,(H2,27,28,29). The van der Waals surface area contributed by atoms with E-state index >= 15 is 0 Å². The molecule has 0 aliphatic carbocycles. The maximum Gasteiger partial charge on any atom is 0.416 e. The molecule has 0 saturated carbocycles. The first-order valence-electron chi connectivity index (χ1n) is 10.2. The summed E-state index contributed by atoms with van der Waals surface area (Å²) in [6.07, 6.45) is -4.63. The van der Waals surface area contributed by atoms with Crippen LogP contribution in [0, 0.1) is 5.82 Å². The number of guanidine groups is 1. The minimum absolute atomic E-state index is 0.0479. The number of halogens is 4. The summed E-state index contributed by atoms with van der Waals surface area (Å²) in [6.45, 7) is 5.57. The molecule has 31 heavy (non-hydrogen) atoms. The zero-order valence-electron chi connectivity index (χ0n) is 17.3. The molecular weight excluding hydrogens is 412 g/mol. The highest BCUT2D eigenvalue weighted by atomic mass is 19.4. The monoisotopic (exact) mass is 438 g/mol. The van der Waals surface area contributed by atoms with Crippen LogP contribution in [0.4, 0.5) is 23.2 Å². The van der Waals surface area contributed by atoms with Gasteiger partial charge >= 0.3 is 6.18 Å². The van der Waals surface area contributed by atoms with Crippen LogP contribution >= 0.6 is 0 Å². The van der Waals surface area contributed by atoms with E-state index in [1.807, 2.05) is 31.2 Å². The van der Waals surface area contributed by atoms with Crippen LogP contribution in [0.15, 0.2) is 47.5 Å². The van der Waals surface area contributed by atoms with Crippen LogP contribution in [0.3, 0.4) is 0 Å². The minimum atomic E-state index is -4.63. The highest BCUT2D eigenvalue weighted by Crippen LogP contribution is 2.32. The van der Waals surface area contributed by atoms with E-state index in [1.165, 1.54) is 0 Å². The summed E-state index contributed by atoms with van der Waals surface area (Å²) in [6, 6.07) is 10.6. The van der Waals surface area contributed by atoms with Gasteiger partial charge in [0.1, 0.15) is 5.82 Å². The molecule has 0 atom stereocenters. The molecule has 2 aromatic carbocycles. The van der Waals surface area contributed by atoms with Gasteiger partial charge in [0.25, 0.3) is 0 Å². The SMILES string of the molecule is CCNC(=NCc1ccccc1N1CCOCC1)NCc1ccc(F)cc1C(F)(F)F. The molecule has 0 unspecified atom stereocenters. The van der Waals surface area contributed by atoms with Crippen LogP contribution in [-0.4, -0.2) is 38.8 Å². The van der Waals surface area contributed by atoms with Gasteiger partial charge < -0.3 is 20.3 Å². The van der Waals surface area contributed by atoms with Gasteiger partial charge in [0.05, 0.1) is 25.3 Å². The zero-order valence-corrected chi connectivity index (χ0v) is 17.3. The van der Waals surface area contributed by atoms with E-state index in [0.717, 1.165) is 36.5 Å². The third-order valence-electron chi connectivity index (χ3n) is 4.92. The van der Waals surface area contributed by atoms with Gasteiger partial charge in [0.15, 0.2) is 5.96 Å². The Hall–Kier alpha value is -2.81. The Labute approximate surface area is 179 Å². The Balaban J connectivity index is 1.74. The fourth-order valence-electron chi connectivity index (χ4n) is 3.41. The molecule has 9 heteroatoms. The smallest absolute Gasteiger partial charge is 0.378 e. The van der Waals surface area contributed by atoms with E-state index in [9.17, 15) is 17.6 Å². The third-order valence-corrected chi connectivity index (χ3v) is 4.92. The average Bonchev–Trinajstić information content (AvgIpc) is 2.76. The van der Waals surface area contributed by atoms with Gasteiger partial charge in [-0.3, -0.25) is 0 Å². The third kappa shape index (κ3) is 6.33. The van der Waals surface area contributed by atoms with Crippen molar-refractivity contribution in [3.8, 4) is 0 Å². The molecule has 5 nitrogen and oxygen atoms in total. The second kappa shape index (κ2) is 10.5. The van der Waals surface area contributed by atoms with Crippen molar-refractivity contribution in [3.63, 3.8) is 0 Å². The molecule has 0 radical (unpaired) electrons. The van der Waals surface area contributed by atoms with Crippen molar-refractivity contribution in [3.05, 3.63) is 65.0 Å². The first-order chi connectivity index (χ1) is 14.9. The zero-order chi connectivity index (χ0) is 22.3. The number of ether oxygens (including phenoxy) is 1.